The standard InChI is InChI=1S/C10H10N2O3/c1-3-15-10(13)9-6-12(14)7(2)4-8(9)5-11/h4,6H,3H2,1-2H3. The highest BCUT2D eigenvalue weighted by molar-refractivity contribution is 5.91. The van der Waals surface area contributed by atoms with Crippen molar-refractivity contribution in [2.24, 2.45) is 0 Å². The highest BCUT2D eigenvalue weighted by Crippen LogP contribution is 2.08. The fraction of sp³-hybridized carbons (Fsp3) is 0.300. The van der Waals surface area contributed by atoms with E-state index < -0.39 is 5.97 Å². The van der Waals surface area contributed by atoms with E-state index in [0.717, 1.165) is 6.20 Å². The van der Waals surface area contributed by atoms with Crippen molar-refractivity contribution < 1.29 is 14.3 Å². The summed E-state index contributed by atoms with van der Waals surface area (Å²) in [5, 5.41) is 20.0. The monoisotopic (exact) mass is 206 g/mol. The van der Waals surface area contributed by atoms with Gasteiger partial charge in [0.1, 0.15) is 11.6 Å². The second kappa shape index (κ2) is 4.42. The van der Waals surface area contributed by atoms with Crippen LogP contribution in [0.2, 0.25) is 0 Å². The average molecular weight is 206 g/mol. The van der Waals surface area contributed by atoms with Gasteiger partial charge in [-0.25, -0.2) is 4.79 Å². The Bertz CT molecular complexity index is 435. The largest absolute Gasteiger partial charge is 0.618 e. The lowest BCUT2D eigenvalue weighted by atomic mass is 10.1. The quantitative estimate of drug-likeness (QED) is 0.405. The molecule has 0 atom stereocenters. The van der Waals surface area contributed by atoms with E-state index in [1.807, 2.05) is 6.07 Å². The molecule has 0 radical (unpaired) electrons. The van der Waals surface area contributed by atoms with Crippen molar-refractivity contribution >= 4 is 5.97 Å². The maximum Gasteiger partial charge on any atom is 0.345 e. The van der Waals surface area contributed by atoms with Crippen LogP contribution < -0.4 is 4.73 Å². The van der Waals surface area contributed by atoms with Gasteiger partial charge in [-0.15, -0.1) is 0 Å². The number of esters is 1. The molecule has 0 amide bonds. The first kappa shape index (κ1) is 11.0. The van der Waals surface area contributed by atoms with Gasteiger partial charge >= 0.3 is 5.97 Å². The van der Waals surface area contributed by atoms with Crippen molar-refractivity contribution in [3.8, 4) is 6.07 Å². The first-order valence-electron chi connectivity index (χ1n) is 4.41. The Labute approximate surface area is 87.1 Å². The topological polar surface area (TPSA) is 77.0 Å². The predicted octanol–water partition coefficient (Wildman–Crippen LogP) is 0.677. The molecule has 0 aliphatic heterocycles. The Kier molecular flexibility index (Phi) is 3.24. The maximum absolute atomic E-state index is 11.4. The van der Waals surface area contributed by atoms with E-state index in [9.17, 15) is 10.0 Å². The van der Waals surface area contributed by atoms with Gasteiger partial charge in [-0.3, -0.25) is 0 Å². The molecular formula is C10H10N2O3. The molecule has 0 aliphatic carbocycles. The molecule has 78 valence electrons. The number of carbonyl (C=O) groups excluding carboxylic acids is 1. The summed E-state index contributed by atoms with van der Waals surface area (Å²) in [6.45, 7) is 3.42. The summed E-state index contributed by atoms with van der Waals surface area (Å²) in [4.78, 5) is 11.4. The summed E-state index contributed by atoms with van der Waals surface area (Å²) in [7, 11) is 0. The normalized spacial score (nSPS) is 9.40. The van der Waals surface area contributed by atoms with Crippen LogP contribution in [0.1, 0.15) is 28.5 Å². The third-order valence-electron chi connectivity index (χ3n) is 1.85. The van der Waals surface area contributed by atoms with E-state index in [0.29, 0.717) is 10.4 Å². The lowest BCUT2D eigenvalue weighted by Crippen LogP contribution is -2.31. The molecule has 15 heavy (non-hydrogen) atoms. The highest BCUT2D eigenvalue weighted by atomic mass is 16.5. The summed E-state index contributed by atoms with van der Waals surface area (Å²) in [6, 6.07) is 3.21. The van der Waals surface area contributed by atoms with Crippen molar-refractivity contribution in [2.45, 2.75) is 13.8 Å². The molecule has 1 rings (SSSR count). The molecule has 0 aromatic carbocycles. The molecule has 0 aliphatic rings. The number of pyridine rings is 1. The molecular weight excluding hydrogens is 196 g/mol. The second-order valence-electron chi connectivity index (χ2n) is 2.90. The van der Waals surface area contributed by atoms with Crippen LogP contribution in [0.3, 0.4) is 0 Å². The molecule has 0 spiro atoms. The van der Waals surface area contributed by atoms with E-state index in [1.165, 1.54) is 6.07 Å². The molecule has 0 unspecified atom stereocenters. The lowest BCUT2D eigenvalue weighted by molar-refractivity contribution is -0.612. The Hall–Kier alpha value is -2.09. The zero-order valence-corrected chi connectivity index (χ0v) is 8.48. The van der Waals surface area contributed by atoms with Crippen LogP contribution in [0, 0.1) is 23.5 Å². The van der Waals surface area contributed by atoms with E-state index in [2.05, 4.69) is 0 Å². The number of aryl methyl sites for hydroxylation is 1. The zero-order valence-electron chi connectivity index (χ0n) is 8.48. The Morgan fingerprint density at radius 2 is 2.40 bits per heavy atom. The SMILES string of the molecule is CCOC(=O)c1c[n+]([O-])c(C)cc1C#N. The average Bonchev–Trinajstić information content (AvgIpc) is 2.21. The molecule has 0 saturated heterocycles. The molecule has 1 aromatic rings. The van der Waals surface area contributed by atoms with Crippen molar-refractivity contribution in [3.63, 3.8) is 0 Å². The van der Waals surface area contributed by atoms with E-state index >= 15 is 0 Å². The third-order valence-corrected chi connectivity index (χ3v) is 1.85. The molecule has 0 bridgehead atoms. The van der Waals surface area contributed by atoms with Gasteiger partial charge < -0.3 is 9.94 Å². The number of rotatable bonds is 2. The van der Waals surface area contributed by atoms with Gasteiger partial charge in [-0.05, 0) is 6.92 Å². The molecule has 1 heterocycles. The van der Waals surface area contributed by atoms with E-state index in [-0.39, 0.29) is 17.7 Å². The van der Waals surface area contributed by atoms with E-state index in [1.54, 1.807) is 13.8 Å². The van der Waals surface area contributed by atoms with Gasteiger partial charge in [0.2, 0.25) is 0 Å². The number of aromatic nitrogens is 1. The molecule has 0 N–H and O–H groups in total. The number of hydrogen-bond acceptors (Lipinski definition) is 4. The van der Waals surface area contributed by atoms with Crippen molar-refractivity contribution in [1.82, 2.24) is 0 Å². The van der Waals surface area contributed by atoms with E-state index in [4.69, 9.17) is 10.00 Å². The van der Waals surface area contributed by atoms with Gasteiger partial charge in [-0.2, -0.15) is 9.99 Å². The van der Waals surface area contributed by atoms with Crippen LogP contribution in [0.5, 0.6) is 0 Å². The van der Waals surface area contributed by atoms with Crippen LogP contribution >= 0.6 is 0 Å². The first-order valence-corrected chi connectivity index (χ1v) is 4.41. The van der Waals surface area contributed by atoms with Gasteiger partial charge in [0.05, 0.1) is 12.2 Å². The molecule has 0 fully saturated rings. The Balaban J connectivity index is 3.23. The van der Waals surface area contributed by atoms with Crippen LogP contribution in [-0.2, 0) is 4.74 Å². The molecule has 0 saturated carbocycles. The third kappa shape index (κ3) is 2.23. The maximum atomic E-state index is 11.4. The minimum absolute atomic E-state index is 0.0000463. The van der Waals surface area contributed by atoms with Crippen LogP contribution in [0.4, 0.5) is 0 Å². The Morgan fingerprint density at radius 1 is 1.73 bits per heavy atom. The van der Waals surface area contributed by atoms with Gasteiger partial charge in [-0.1, -0.05) is 0 Å². The summed E-state index contributed by atoms with van der Waals surface area (Å²) < 4.78 is 5.26. The van der Waals surface area contributed by atoms with Gasteiger partial charge in [0.25, 0.3) is 0 Å². The van der Waals surface area contributed by atoms with Crippen LogP contribution in [-0.4, -0.2) is 12.6 Å². The van der Waals surface area contributed by atoms with Gasteiger partial charge in [0.15, 0.2) is 11.9 Å². The minimum Gasteiger partial charge on any atom is -0.618 e. The lowest BCUT2D eigenvalue weighted by Gasteiger charge is -2.05. The highest BCUT2D eigenvalue weighted by Gasteiger charge is 2.17. The molecule has 5 nitrogen and oxygen atoms in total. The smallest absolute Gasteiger partial charge is 0.345 e. The summed E-state index contributed by atoms with van der Waals surface area (Å²) >= 11 is 0. The van der Waals surface area contributed by atoms with Crippen molar-refractivity contribution in [1.29, 1.82) is 5.26 Å². The minimum atomic E-state index is -0.654. The van der Waals surface area contributed by atoms with Crippen molar-refractivity contribution in [2.75, 3.05) is 6.61 Å². The summed E-state index contributed by atoms with van der Waals surface area (Å²) in [5.74, 6) is -0.654. The van der Waals surface area contributed by atoms with Crippen LogP contribution in [0.25, 0.3) is 0 Å². The fourth-order valence-electron chi connectivity index (χ4n) is 1.10. The second-order valence-corrected chi connectivity index (χ2v) is 2.90. The molecule has 1 aromatic heterocycles. The molecule has 5 heteroatoms. The summed E-state index contributed by atoms with van der Waals surface area (Å²) in [5.41, 5.74) is 0.512. The van der Waals surface area contributed by atoms with Gasteiger partial charge in [0, 0.05) is 13.0 Å². The number of carbonyl (C=O) groups is 1. The zero-order chi connectivity index (χ0) is 11.4. The number of ether oxygens (including phenoxy) is 1. The first-order chi connectivity index (χ1) is 7.10. The Morgan fingerprint density at radius 3 is 2.93 bits per heavy atom. The van der Waals surface area contributed by atoms with Crippen molar-refractivity contribution in [3.05, 3.63) is 34.3 Å². The van der Waals surface area contributed by atoms with Crippen LogP contribution in [0.15, 0.2) is 12.3 Å². The number of nitrogens with zero attached hydrogens (tertiary/aromatic N) is 2. The number of hydrogen-bond donors (Lipinski definition) is 0. The summed E-state index contributed by atoms with van der Waals surface area (Å²) in [6.07, 6.45) is 1.06. The number of nitriles is 1. The predicted molar refractivity (Wildman–Crippen MR) is 50.8 cm³/mol. The fourth-order valence-corrected chi connectivity index (χ4v) is 1.10.